The molecular formula is C19H30N4O3. The van der Waals surface area contributed by atoms with E-state index in [1.165, 1.54) is 0 Å². The maximum Gasteiger partial charge on any atom is 0.274 e. The number of H-pyrrole nitrogens is 1. The van der Waals surface area contributed by atoms with E-state index in [1.807, 2.05) is 11.8 Å². The minimum absolute atomic E-state index is 0.0259. The van der Waals surface area contributed by atoms with Crippen molar-refractivity contribution >= 4 is 5.91 Å². The van der Waals surface area contributed by atoms with Crippen LogP contribution in [0.2, 0.25) is 0 Å². The van der Waals surface area contributed by atoms with Gasteiger partial charge in [0.05, 0.1) is 31.1 Å². The average Bonchev–Trinajstić information content (AvgIpc) is 3.07. The lowest BCUT2D eigenvalue weighted by Crippen LogP contribution is -2.44. The predicted octanol–water partition coefficient (Wildman–Crippen LogP) is 1.62. The number of hydrogen-bond donors (Lipinski definition) is 1. The van der Waals surface area contributed by atoms with Gasteiger partial charge in [-0.25, -0.2) is 0 Å². The first kappa shape index (κ1) is 17.9. The van der Waals surface area contributed by atoms with Gasteiger partial charge in [0.1, 0.15) is 0 Å². The topological polar surface area (TPSA) is 70.7 Å². The van der Waals surface area contributed by atoms with Crippen molar-refractivity contribution in [3.8, 4) is 0 Å². The van der Waals surface area contributed by atoms with Crippen LogP contribution in [0.4, 0.5) is 0 Å². The van der Waals surface area contributed by atoms with E-state index in [1.54, 1.807) is 0 Å². The third kappa shape index (κ3) is 3.66. The molecule has 0 aromatic carbocycles. The summed E-state index contributed by atoms with van der Waals surface area (Å²) < 4.78 is 11.3. The van der Waals surface area contributed by atoms with Crippen LogP contribution in [0.3, 0.4) is 0 Å². The molecule has 1 aromatic rings. The normalized spacial score (nSPS) is 28.2. The van der Waals surface area contributed by atoms with Gasteiger partial charge in [0, 0.05) is 44.7 Å². The summed E-state index contributed by atoms with van der Waals surface area (Å²) in [4.78, 5) is 17.5. The number of nitrogens with one attached hydrogen (secondary N) is 1. The highest BCUT2D eigenvalue weighted by Gasteiger charge is 2.33. The van der Waals surface area contributed by atoms with Crippen molar-refractivity contribution in [2.24, 2.45) is 5.92 Å². The molecule has 4 rings (SSSR count). The smallest absolute Gasteiger partial charge is 0.274 e. The number of aromatic nitrogens is 2. The molecule has 0 radical (unpaired) electrons. The number of rotatable bonds is 3. The van der Waals surface area contributed by atoms with E-state index in [9.17, 15) is 4.79 Å². The van der Waals surface area contributed by atoms with Gasteiger partial charge in [-0.05, 0) is 32.6 Å². The first-order valence-electron chi connectivity index (χ1n) is 9.93. The summed E-state index contributed by atoms with van der Waals surface area (Å²) in [5, 5.41) is 7.39. The van der Waals surface area contributed by atoms with Crippen LogP contribution < -0.4 is 0 Å². The minimum atomic E-state index is -0.0259. The SMILES string of the molecule is C[C@@H]1Cc2c(C(=O)N3CCC(CN4CCOCC4)CC3)n[nH]c2[C@H](C)O1. The van der Waals surface area contributed by atoms with Crippen molar-refractivity contribution in [3.05, 3.63) is 17.0 Å². The largest absolute Gasteiger partial charge is 0.379 e. The van der Waals surface area contributed by atoms with Crippen molar-refractivity contribution in [1.29, 1.82) is 0 Å². The van der Waals surface area contributed by atoms with E-state index in [2.05, 4.69) is 22.0 Å². The number of fused-ring (bicyclic) bond motifs is 1. The summed E-state index contributed by atoms with van der Waals surface area (Å²) in [6.07, 6.45) is 3.00. The second-order valence-corrected chi connectivity index (χ2v) is 7.91. The zero-order valence-electron chi connectivity index (χ0n) is 15.9. The molecule has 7 heteroatoms. The Bertz CT molecular complexity index is 633. The number of aromatic amines is 1. The summed E-state index contributed by atoms with van der Waals surface area (Å²) in [6.45, 7) is 10.6. The zero-order chi connectivity index (χ0) is 18.1. The Hall–Kier alpha value is -1.44. The standard InChI is InChI=1S/C19H30N4O3/c1-13-11-16-17(14(2)26-13)20-21-18(16)19(24)23-5-3-15(4-6-23)12-22-7-9-25-10-8-22/h13-15H,3-12H2,1-2H3,(H,20,21)/t13-,14+/m1/s1. The number of hydrogen-bond acceptors (Lipinski definition) is 5. The first-order chi connectivity index (χ1) is 12.6. The number of morpholine rings is 1. The fourth-order valence-electron chi connectivity index (χ4n) is 4.47. The Balaban J connectivity index is 1.35. The van der Waals surface area contributed by atoms with Crippen LogP contribution >= 0.6 is 0 Å². The lowest BCUT2D eigenvalue weighted by atomic mass is 9.95. The van der Waals surface area contributed by atoms with E-state index in [0.29, 0.717) is 11.6 Å². The molecule has 26 heavy (non-hydrogen) atoms. The number of piperidine rings is 1. The summed E-state index contributed by atoms with van der Waals surface area (Å²) in [7, 11) is 0. The molecule has 1 N–H and O–H groups in total. The molecule has 2 fully saturated rings. The summed E-state index contributed by atoms with van der Waals surface area (Å²) in [6, 6.07) is 0. The number of carbonyl (C=O) groups is 1. The fourth-order valence-corrected chi connectivity index (χ4v) is 4.47. The highest BCUT2D eigenvalue weighted by atomic mass is 16.5. The summed E-state index contributed by atoms with van der Waals surface area (Å²) >= 11 is 0. The number of likely N-dealkylation sites (tertiary alicyclic amines) is 1. The second-order valence-electron chi connectivity index (χ2n) is 7.91. The van der Waals surface area contributed by atoms with Crippen molar-refractivity contribution < 1.29 is 14.3 Å². The molecule has 0 spiro atoms. The summed E-state index contributed by atoms with van der Waals surface area (Å²) in [5.41, 5.74) is 2.62. The second kappa shape index (κ2) is 7.66. The van der Waals surface area contributed by atoms with Gasteiger partial charge in [-0.2, -0.15) is 5.10 Å². The highest BCUT2D eigenvalue weighted by Crippen LogP contribution is 2.31. The van der Waals surface area contributed by atoms with Crippen LogP contribution in [0, 0.1) is 5.92 Å². The molecule has 144 valence electrons. The Morgan fingerprint density at radius 1 is 1.19 bits per heavy atom. The van der Waals surface area contributed by atoms with Gasteiger partial charge in [-0.1, -0.05) is 0 Å². The van der Waals surface area contributed by atoms with E-state index in [0.717, 1.165) is 76.5 Å². The Morgan fingerprint density at radius 3 is 2.65 bits per heavy atom. The molecule has 0 bridgehead atoms. The summed E-state index contributed by atoms with van der Waals surface area (Å²) in [5.74, 6) is 0.757. The van der Waals surface area contributed by atoms with Gasteiger partial charge < -0.3 is 14.4 Å². The van der Waals surface area contributed by atoms with Gasteiger partial charge in [-0.3, -0.25) is 14.8 Å². The molecule has 4 heterocycles. The van der Waals surface area contributed by atoms with E-state index in [4.69, 9.17) is 9.47 Å². The monoisotopic (exact) mass is 362 g/mol. The van der Waals surface area contributed by atoms with Crippen LogP contribution in [-0.2, 0) is 15.9 Å². The van der Waals surface area contributed by atoms with E-state index in [-0.39, 0.29) is 18.1 Å². The van der Waals surface area contributed by atoms with Crippen molar-refractivity contribution in [2.45, 2.75) is 45.3 Å². The van der Waals surface area contributed by atoms with Gasteiger partial charge in [-0.15, -0.1) is 0 Å². The molecule has 3 aliphatic heterocycles. The molecule has 0 saturated carbocycles. The molecule has 1 amide bonds. The Morgan fingerprint density at radius 2 is 1.92 bits per heavy atom. The lowest BCUT2D eigenvalue weighted by molar-refractivity contribution is -0.00704. The van der Waals surface area contributed by atoms with Gasteiger partial charge in [0.2, 0.25) is 0 Å². The van der Waals surface area contributed by atoms with E-state index < -0.39 is 0 Å². The van der Waals surface area contributed by atoms with Crippen molar-refractivity contribution in [1.82, 2.24) is 20.0 Å². The van der Waals surface area contributed by atoms with Crippen LogP contribution in [0.1, 0.15) is 54.5 Å². The molecule has 0 aliphatic carbocycles. The van der Waals surface area contributed by atoms with Crippen molar-refractivity contribution in [3.63, 3.8) is 0 Å². The Labute approximate surface area is 155 Å². The molecule has 2 atom stereocenters. The minimum Gasteiger partial charge on any atom is -0.379 e. The average molecular weight is 362 g/mol. The molecule has 1 aromatic heterocycles. The predicted molar refractivity (Wildman–Crippen MR) is 97.1 cm³/mol. The van der Waals surface area contributed by atoms with Crippen LogP contribution in [0.5, 0.6) is 0 Å². The van der Waals surface area contributed by atoms with Crippen molar-refractivity contribution in [2.75, 3.05) is 45.9 Å². The molecular weight excluding hydrogens is 332 g/mol. The van der Waals surface area contributed by atoms with Crippen LogP contribution in [0.15, 0.2) is 0 Å². The quantitative estimate of drug-likeness (QED) is 0.885. The third-order valence-corrected chi connectivity index (χ3v) is 5.96. The lowest BCUT2D eigenvalue weighted by Gasteiger charge is -2.36. The molecule has 2 saturated heterocycles. The zero-order valence-corrected chi connectivity index (χ0v) is 15.9. The maximum absolute atomic E-state index is 13.0. The maximum atomic E-state index is 13.0. The van der Waals surface area contributed by atoms with Gasteiger partial charge in [0.15, 0.2) is 5.69 Å². The highest BCUT2D eigenvalue weighted by molar-refractivity contribution is 5.94. The van der Waals surface area contributed by atoms with Gasteiger partial charge >= 0.3 is 0 Å². The number of carbonyl (C=O) groups excluding carboxylic acids is 1. The van der Waals surface area contributed by atoms with Gasteiger partial charge in [0.25, 0.3) is 5.91 Å². The number of nitrogens with zero attached hydrogens (tertiary/aromatic N) is 3. The number of amides is 1. The van der Waals surface area contributed by atoms with Crippen LogP contribution in [0.25, 0.3) is 0 Å². The number of ether oxygens (including phenoxy) is 2. The third-order valence-electron chi connectivity index (χ3n) is 5.96. The van der Waals surface area contributed by atoms with Crippen LogP contribution in [-0.4, -0.2) is 77.9 Å². The first-order valence-corrected chi connectivity index (χ1v) is 9.93. The Kier molecular flexibility index (Phi) is 5.29. The molecule has 7 nitrogen and oxygen atoms in total. The fraction of sp³-hybridized carbons (Fsp3) is 0.789. The molecule has 3 aliphatic rings. The van der Waals surface area contributed by atoms with E-state index >= 15 is 0 Å². The molecule has 0 unspecified atom stereocenters.